The van der Waals surface area contributed by atoms with Gasteiger partial charge in [0.1, 0.15) is 17.1 Å². The molecule has 2 fully saturated rings. The quantitative estimate of drug-likeness (QED) is 0.641. The van der Waals surface area contributed by atoms with E-state index < -0.39 is 0 Å². The van der Waals surface area contributed by atoms with Gasteiger partial charge in [0.25, 0.3) is 0 Å². The summed E-state index contributed by atoms with van der Waals surface area (Å²) in [7, 11) is 1.68. The Hall–Kier alpha value is -2.87. The lowest BCUT2D eigenvalue weighted by atomic mass is 9.99. The maximum Gasteiger partial charge on any atom is 0.229 e. The van der Waals surface area contributed by atoms with Gasteiger partial charge in [-0.3, -0.25) is 4.79 Å². The molecule has 1 aromatic heterocycles. The second kappa shape index (κ2) is 7.75. The number of fused-ring (bicyclic) bond motifs is 1. The van der Waals surface area contributed by atoms with Crippen LogP contribution >= 0.6 is 11.3 Å². The van der Waals surface area contributed by atoms with Crippen LogP contribution in [0.1, 0.15) is 0 Å². The number of para-hydroxylation sites is 3. The number of nitrogens with zero attached hydrogens (tertiary/aromatic N) is 4. The van der Waals surface area contributed by atoms with Gasteiger partial charge in [-0.15, -0.1) is 0 Å². The SMILES string of the molecule is COc1ccccc1N1CCN(C(=O)C2CN(c3nc4c(F)cccc4s3)C2)CC1. The summed E-state index contributed by atoms with van der Waals surface area (Å²) in [5.74, 6) is 0.758. The third-order valence-corrected chi connectivity index (χ3v) is 6.96. The number of hydrogen-bond donors (Lipinski definition) is 0. The molecular weight excluding hydrogens is 403 g/mol. The Kier molecular flexibility index (Phi) is 4.94. The number of methoxy groups -OCH3 is 1. The van der Waals surface area contributed by atoms with Crippen molar-refractivity contribution in [2.45, 2.75) is 0 Å². The molecule has 2 saturated heterocycles. The summed E-state index contributed by atoms with van der Waals surface area (Å²) in [6, 6.07) is 13.0. The Morgan fingerprint density at radius 2 is 1.83 bits per heavy atom. The van der Waals surface area contributed by atoms with Crippen LogP contribution in [0.3, 0.4) is 0 Å². The van der Waals surface area contributed by atoms with E-state index in [1.54, 1.807) is 13.2 Å². The molecule has 0 unspecified atom stereocenters. The average Bonchev–Trinajstić information content (AvgIpc) is 3.18. The van der Waals surface area contributed by atoms with Crippen molar-refractivity contribution in [3.05, 3.63) is 48.3 Å². The van der Waals surface area contributed by atoms with Gasteiger partial charge in [0, 0.05) is 39.3 Å². The number of carbonyl (C=O) groups is 1. The second-order valence-electron chi connectivity index (χ2n) is 7.67. The summed E-state index contributed by atoms with van der Waals surface area (Å²) >= 11 is 1.48. The van der Waals surface area contributed by atoms with Crippen LogP contribution < -0.4 is 14.5 Å². The predicted molar refractivity (Wildman–Crippen MR) is 117 cm³/mol. The number of rotatable bonds is 4. The number of hydrogen-bond acceptors (Lipinski definition) is 6. The van der Waals surface area contributed by atoms with E-state index >= 15 is 0 Å². The van der Waals surface area contributed by atoms with Crippen LogP contribution in [0.25, 0.3) is 10.2 Å². The maximum atomic E-state index is 13.9. The van der Waals surface area contributed by atoms with Crippen LogP contribution in [-0.4, -0.2) is 62.2 Å². The van der Waals surface area contributed by atoms with Crippen LogP contribution in [0.5, 0.6) is 5.75 Å². The minimum atomic E-state index is -0.295. The van der Waals surface area contributed by atoms with Gasteiger partial charge < -0.3 is 19.4 Å². The fourth-order valence-electron chi connectivity index (χ4n) is 4.15. The monoisotopic (exact) mass is 426 g/mol. The number of amides is 1. The number of ether oxygens (including phenoxy) is 1. The number of benzene rings is 2. The highest BCUT2D eigenvalue weighted by Crippen LogP contribution is 2.34. The Morgan fingerprint density at radius 1 is 1.07 bits per heavy atom. The molecule has 2 aliphatic rings. The Labute approximate surface area is 178 Å². The standard InChI is InChI=1S/C22H23FN4O2S/c1-29-18-7-3-2-6-17(18)25-9-11-26(12-10-25)21(28)15-13-27(14-15)22-24-20-16(23)5-4-8-19(20)30-22/h2-8,15H,9-14H2,1H3. The third kappa shape index (κ3) is 3.35. The van der Waals surface area contributed by atoms with Gasteiger partial charge >= 0.3 is 0 Å². The molecule has 0 atom stereocenters. The summed E-state index contributed by atoms with van der Waals surface area (Å²) in [6.07, 6.45) is 0. The fourth-order valence-corrected chi connectivity index (χ4v) is 5.14. The molecule has 2 aliphatic heterocycles. The molecule has 3 heterocycles. The van der Waals surface area contributed by atoms with Gasteiger partial charge in [0.2, 0.25) is 5.91 Å². The Morgan fingerprint density at radius 3 is 2.57 bits per heavy atom. The van der Waals surface area contributed by atoms with Crippen molar-refractivity contribution in [1.82, 2.24) is 9.88 Å². The topological polar surface area (TPSA) is 48.9 Å². The fraction of sp³-hybridized carbons (Fsp3) is 0.364. The molecule has 2 aromatic carbocycles. The van der Waals surface area contributed by atoms with Crippen LogP contribution in [0.15, 0.2) is 42.5 Å². The smallest absolute Gasteiger partial charge is 0.229 e. The van der Waals surface area contributed by atoms with Crippen molar-refractivity contribution in [2.75, 3.05) is 56.2 Å². The van der Waals surface area contributed by atoms with E-state index in [1.165, 1.54) is 17.4 Å². The average molecular weight is 427 g/mol. The van der Waals surface area contributed by atoms with Gasteiger partial charge in [-0.2, -0.15) is 0 Å². The van der Waals surface area contributed by atoms with Crippen LogP contribution in [0.2, 0.25) is 0 Å². The number of halogens is 1. The van der Waals surface area contributed by atoms with Crippen LogP contribution in [-0.2, 0) is 4.79 Å². The first-order chi connectivity index (χ1) is 14.6. The first-order valence-corrected chi connectivity index (χ1v) is 10.9. The van der Waals surface area contributed by atoms with Crippen molar-refractivity contribution in [2.24, 2.45) is 5.92 Å². The minimum absolute atomic E-state index is 0.0142. The van der Waals surface area contributed by atoms with E-state index in [0.717, 1.165) is 34.4 Å². The molecule has 8 heteroatoms. The van der Waals surface area contributed by atoms with Crippen molar-refractivity contribution < 1.29 is 13.9 Å². The normalized spacial score (nSPS) is 17.3. The van der Waals surface area contributed by atoms with E-state index in [9.17, 15) is 9.18 Å². The summed E-state index contributed by atoms with van der Waals surface area (Å²) in [4.78, 5) is 23.7. The molecule has 156 valence electrons. The maximum absolute atomic E-state index is 13.9. The molecular formula is C22H23FN4O2S. The number of aromatic nitrogens is 1. The van der Waals surface area contributed by atoms with E-state index in [1.807, 2.05) is 29.2 Å². The Bertz CT molecular complexity index is 1070. The summed E-state index contributed by atoms with van der Waals surface area (Å²) in [6.45, 7) is 4.29. The van der Waals surface area contributed by atoms with E-state index in [4.69, 9.17) is 4.74 Å². The van der Waals surface area contributed by atoms with Gasteiger partial charge in [-0.25, -0.2) is 9.37 Å². The van der Waals surface area contributed by atoms with Gasteiger partial charge in [0.05, 0.1) is 23.4 Å². The van der Waals surface area contributed by atoms with Crippen LogP contribution in [0.4, 0.5) is 15.2 Å². The molecule has 0 aliphatic carbocycles. The van der Waals surface area contributed by atoms with E-state index in [-0.39, 0.29) is 17.6 Å². The lowest BCUT2D eigenvalue weighted by Gasteiger charge is -2.43. The number of carbonyl (C=O) groups excluding carboxylic acids is 1. The van der Waals surface area contributed by atoms with Crippen molar-refractivity contribution in [3.8, 4) is 5.75 Å². The molecule has 30 heavy (non-hydrogen) atoms. The molecule has 5 rings (SSSR count). The number of anilines is 2. The highest BCUT2D eigenvalue weighted by Gasteiger charge is 2.37. The van der Waals surface area contributed by atoms with Gasteiger partial charge in [-0.05, 0) is 24.3 Å². The first kappa shape index (κ1) is 19.1. The predicted octanol–water partition coefficient (Wildman–Crippen LogP) is 3.23. The molecule has 0 bridgehead atoms. The first-order valence-electron chi connectivity index (χ1n) is 10.1. The van der Waals surface area contributed by atoms with E-state index in [0.29, 0.717) is 31.7 Å². The molecule has 0 spiro atoms. The van der Waals surface area contributed by atoms with Gasteiger partial charge in [0.15, 0.2) is 5.13 Å². The van der Waals surface area contributed by atoms with Gasteiger partial charge in [-0.1, -0.05) is 29.5 Å². The molecule has 0 saturated carbocycles. The zero-order valence-electron chi connectivity index (χ0n) is 16.8. The number of piperazine rings is 1. The highest BCUT2D eigenvalue weighted by molar-refractivity contribution is 7.22. The summed E-state index contributed by atoms with van der Waals surface area (Å²) in [5.41, 5.74) is 1.49. The van der Waals surface area contributed by atoms with Crippen molar-refractivity contribution >= 4 is 38.3 Å². The largest absolute Gasteiger partial charge is 0.495 e. The molecule has 3 aromatic rings. The minimum Gasteiger partial charge on any atom is -0.495 e. The Balaban J connectivity index is 1.18. The van der Waals surface area contributed by atoms with E-state index in [2.05, 4.69) is 20.9 Å². The van der Waals surface area contributed by atoms with Crippen LogP contribution in [0, 0.1) is 11.7 Å². The lowest BCUT2D eigenvalue weighted by molar-refractivity contribution is -0.136. The number of thiazole rings is 1. The van der Waals surface area contributed by atoms with Crippen molar-refractivity contribution in [1.29, 1.82) is 0 Å². The summed E-state index contributed by atoms with van der Waals surface area (Å²) in [5, 5.41) is 0.792. The lowest BCUT2D eigenvalue weighted by Crippen LogP contribution is -2.58. The highest BCUT2D eigenvalue weighted by atomic mass is 32.1. The third-order valence-electron chi connectivity index (χ3n) is 5.88. The zero-order valence-corrected chi connectivity index (χ0v) is 17.6. The second-order valence-corrected chi connectivity index (χ2v) is 8.68. The summed E-state index contributed by atoms with van der Waals surface area (Å²) < 4.78 is 20.2. The van der Waals surface area contributed by atoms with Crippen molar-refractivity contribution in [3.63, 3.8) is 0 Å². The molecule has 6 nitrogen and oxygen atoms in total. The molecule has 0 N–H and O–H groups in total. The zero-order chi connectivity index (χ0) is 20.7. The molecule has 0 radical (unpaired) electrons. The molecule has 1 amide bonds.